The van der Waals surface area contributed by atoms with Crippen LogP contribution in [0.4, 0.5) is 5.69 Å². The molecule has 1 N–H and O–H groups in total. The van der Waals surface area contributed by atoms with Gasteiger partial charge in [-0.1, -0.05) is 22.9 Å². The van der Waals surface area contributed by atoms with Crippen LogP contribution in [-0.2, 0) is 26.8 Å². The van der Waals surface area contributed by atoms with Crippen molar-refractivity contribution in [2.45, 2.75) is 30.4 Å². The number of sulfone groups is 1. The zero-order valence-corrected chi connectivity index (χ0v) is 18.2. The SMILES string of the molecule is COc1ccc(NC(=O)CCc2nc(CS(=O)(=O)c3ccc(C)cc3)no2)cc1OC. The zero-order chi connectivity index (χ0) is 22.4. The maximum absolute atomic E-state index is 12.5. The number of ether oxygens (including phenoxy) is 2. The molecule has 1 aromatic heterocycles. The number of nitrogens with one attached hydrogen (secondary N) is 1. The van der Waals surface area contributed by atoms with E-state index in [1.807, 2.05) is 6.92 Å². The molecule has 2 aromatic carbocycles. The van der Waals surface area contributed by atoms with Gasteiger partial charge in [0.2, 0.25) is 11.8 Å². The number of aromatic nitrogens is 2. The quantitative estimate of drug-likeness (QED) is 0.534. The van der Waals surface area contributed by atoms with Gasteiger partial charge in [0, 0.05) is 24.6 Å². The lowest BCUT2D eigenvalue weighted by atomic mass is 10.2. The molecule has 9 nitrogen and oxygen atoms in total. The smallest absolute Gasteiger partial charge is 0.227 e. The lowest BCUT2D eigenvalue weighted by Crippen LogP contribution is -2.12. The first-order valence-electron chi connectivity index (χ1n) is 9.43. The van der Waals surface area contributed by atoms with E-state index >= 15 is 0 Å². The third-order valence-electron chi connectivity index (χ3n) is 4.44. The number of carbonyl (C=O) groups excluding carboxylic acids is 1. The molecule has 0 fully saturated rings. The maximum atomic E-state index is 12.5. The van der Waals surface area contributed by atoms with E-state index in [0.29, 0.717) is 17.2 Å². The van der Waals surface area contributed by atoms with E-state index in [2.05, 4.69) is 15.5 Å². The first kappa shape index (κ1) is 22.3. The molecule has 0 bridgehead atoms. The molecule has 31 heavy (non-hydrogen) atoms. The summed E-state index contributed by atoms with van der Waals surface area (Å²) >= 11 is 0. The minimum absolute atomic E-state index is 0.0517. The lowest BCUT2D eigenvalue weighted by molar-refractivity contribution is -0.116. The Morgan fingerprint density at radius 2 is 1.77 bits per heavy atom. The summed E-state index contributed by atoms with van der Waals surface area (Å²) in [5, 5.41) is 6.47. The van der Waals surface area contributed by atoms with Gasteiger partial charge in [-0.05, 0) is 31.2 Å². The number of nitrogens with zero attached hydrogens (tertiary/aromatic N) is 2. The number of carbonyl (C=O) groups is 1. The number of hydrogen-bond acceptors (Lipinski definition) is 8. The fourth-order valence-corrected chi connectivity index (χ4v) is 3.98. The van der Waals surface area contributed by atoms with Gasteiger partial charge in [0.15, 0.2) is 27.2 Å². The average Bonchev–Trinajstić information content (AvgIpc) is 3.19. The summed E-state index contributed by atoms with van der Waals surface area (Å²) in [7, 11) is -0.549. The van der Waals surface area contributed by atoms with Gasteiger partial charge < -0.3 is 19.3 Å². The molecular weight excluding hydrogens is 422 g/mol. The van der Waals surface area contributed by atoms with Crippen LogP contribution in [0.1, 0.15) is 23.7 Å². The number of benzene rings is 2. The van der Waals surface area contributed by atoms with Crippen molar-refractivity contribution in [1.82, 2.24) is 10.1 Å². The van der Waals surface area contributed by atoms with Crippen molar-refractivity contribution in [3.05, 3.63) is 59.7 Å². The fraction of sp³-hybridized carbons (Fsp3) is 0.286. The average molecular weight is 445 g/mol. The third-order valence-corrected chi connectivity index (χ3v) is 6.07. The molecular formula is C21H23N3O6S. The van der Waals surface area contributed by atoms with Gasteiger partial charge in [-0.15, -0.1) is 0 Å². The van der Waals surface area contributed by atoms with Crippen LogP contribution in [0, 0.1) is 6.92 Å². The van der Waals surface area contributed by atoms with Crippen LogP contribution in [-0.4, -0.2) is 38.7 Å². The topological polar surface area (TPSA) is 121 Å². The van der Waals surface area contributed by atoms with E-state index in [1.165, 1.54) is 14.2 Å². The van der Waals surface area contributed by atoms with Gasteiger partial charge >= 0.3 is 0 Å². The third kappa shape index (κ3) is 5.82. The number of amides is 1. The molecule has 164 valence electrons. The van der Waals surface area contributed by atoms with Crippen molar-refractivity contribution < 1.29 is 27.2 Å². The molecule has 0 unspecified atom stereocenters. The summed E-state index contributed by atoms with van der Waals surface area (Å²) in [4.78, 5) is 16.5. The second-order valence-electron chi connectivity index (χ2n) is 6.79. The highest BCUT2D eigenvalue weighted by atomic mass is 32.2. The Hall–Kier alpha value is -3.40. The Balaban J connectivity index is 1.56. The van der Waals surface area contributed by atoms with Crippen molar-refractivity contribution in [2.24, 2.45) is 0 Å². The normalized spacial score (nSPS) is 11.2. The Labute approximate surface area is 180 Å². The minimum atomic E-state index is -3.59. The Kier molecular flexibility index (Phi) is 6.91. The first-order valence-corrected chi connectivity index (χ1v) is 11.1. The van der Waals surface area contributed by atoms with E-state index in [-0.39, 0.29) is 41.1 Å². The highest BCUT2D eigenvalue weighted by molar-refractivity contribution is 7.90. The van der Waals surface area contributed by atoms with E-state index in [1.54, 1.807) is 42.5 Å². The molecule has 0 saturated heterocycles. The number of aryl methyl sites for hydroxylation is 2. The second kappa shape index (κ2) is 9.61. The molecule has 0 saturated carbocycles. The van der Waals surface area contributed by atoms with Crippen molar-refractivity contribution in [1.29, 1.82) is 0 Å². The van der Waals surface area contributed by atoms with Crippen LogP contribution in [0.5, 0.6) is 11.5 Å². The van der Waals surface area contributed by atoms with Gasteiger partial charge in [0.25, 0.3) is 0 Å². The first-order chi connectivity index (χ1) is 14.8. The largest absolute Gasteiger partial charge is 0.493 e. The number of methoxy groups -OCH3 is 2. The van der Waals surface area contributed by atoms with Crippen LogP contribution < -0.4 is 14.8 Å². The molecule has 0 aliphatic heterocycles. The van der Waals surface area contributed by atoms with Gasteiger partial charge in [0.05, 0.1) is 19.1 Å². The Bertz CT molecular complexity index is 1160. The van der Waals surface area contributed by atoms with E-state index < -0.39 is 9.84 Å². The van der Waals surface area contributed by atoms with Gasteiger partial charge in [-0.2, -0.15) is 4.98 Å². The molecule has 10 heteroatoms. The summed E-state index contributed by atoms with van der Waals surface area (Å²) in [6, 6.07) is 11.6. The zero-order valence-electron chi connectivity index (χ0n) is 17.4. The molecule has 3 aromatic rings. The van der Waals surface area contributed by atoms with E-state index in [9.17, 15) is 13.2 Å². The number of anilines is 1. The highest BCUT2D eigenvalue weighted by Crippen LogP contribution is 2.29. The summed E-state index contributed by atoms with van der Waals surface area (Å²) < 4.78 is 40.4. The van der Waals surface area contributed by atoms with Crippen molar-refractivity contribution in [3.8, 4) is 11.5 Å². The predicted molar refractivity (Wildman–Crippen MR) is 113 cm³/mol. The van der Waals surface area contributed by atoms with Crippen LogP contribution in [0.25, 0.3) is 0 Å². The van der Waals surface area contributed by atoms with Gasteiger partial charge in [0.1, 0.15) is 5.75 Å². The molecule has 0 atom stereocenters. The number of rotatable bonds is 9. The van der Waals surface area contributed by atoms with Gasteiger partial charge in [-0.3, -0.25) is 4.79 Å². The molecule has 0 aliphatic carbocycles. The van der Waals surface area contributed by atoms with Crippen LogP contribution in [0.3, 0.4) is 0 Å². The van der Waals surface area contributed by atoms with Crippen LogP contribution in [0.2, 0.25) is 0 Å². The van der Waals surface area contributed by atoms with Crippen LogP contribution >= 0.6 is 0 Å². The summed E-state index contributed by atoms with van der Waals surface area (Å²) in [5.74, 6) is 0.653. The molecule has 3 rings (SSSR count). The number of hydrogen-bond donors (Lipinski definition) is 1. The minimum Gasteiger partial charge on any atom is -0.493 e. The Morgan fingerprint density at radius 1 is 1.06 bits per heavy atom. The van der Waals surface area contributed by atoms with Gasteiger partial charge in [-0.25, -0.2) is 8.42 Å². The predicted octanol–water partition coefficient (Wildman–Crippen LogP) is 2.94. The van der Waals surface area contributed by atoms with Crippen molar-refractivity contribution in [2.75, 3.05) is 19.5 Å². The molecule has 0 spiro atoms. The molecule has 1 amide bonds. The van der Waals surface area contributed by atoms with E-state index in [4.69, 9.17) is 14.0 Å². The lowest BCUT2D eigenvalue weighted by Gasteiger charge is -2.10. The summed E-state index contributed by atoms with van der Waals surface area (Å²) in [5.41, 5.74) is 1.52. The summed E-state index contributed by atoms with van der Waals surface area (Å²) in [6.07, 6.45) is 0.261. The standard InChI is InChI=1S/C21H23N3O6S/c1-14-4-7-16(8-5-14)31(26,27)13-19-23-21(30-24-19)11-10-20(25)22-15-6-9-17(28-2)18(12-15)29-3/h4-9,12H,10-11,13H2,1-3H3,(H,22,25). The molecule has 0 aliphatic rings. The van der Waals surface area contributed by atoms with Crippen LogP contribution in [0.15, 0.2) is 51.9 Å². The molecule has 1 heterocycles. The second-order valence-corrected chi connectivity index (χ2v) is 8.78. The highest BCUT2D eigenvalue weighted by Gasteiger charge is 2.19. The van der Waals surface area contributed by atoms with E-state index in [0.717, 1.165) is 5.56 Å². The van der Waals surface area contributed by atoms with Crippen molar-refractivity contribution >= 4 is 21.4 Å². The summed E-state index contributed by atoms with van der Waals surface area (Å²) in [6.45, 7) is 1.88. The monoisotopic (exact) mass is 445 g/mol. The Morgan fingerprint density at radius 3 is 2.45 bits per heavy atom. The van der Waals surface area contributed by atoms with Crippen molar-refractivity contribution in [3.63, 3.8) is 0 Å². The fourth-order valence-electron chi connectivity index (χ4n) is 2.81. The molecule has 0 radical (unpaired) electrons. The maximum Gasteiger partial charge on any atom is 0.227 e.